The van der Waals surface area contributed by atoms with Crippen molar-refractivity contribution in [2.75, 3.05) is 57.9 Å². The van der Waals surface area contributed by atoms with E-state index in [0.29, 0.717) is 24.4 Å². The summed E-state index contributed by atoms with van der Waals surface area (Å²) in [5, 5.41) is 2.90. The topological polar surface area (TPSA) is 71.1 Å². The van der Waals surface area contributed by atoms with Crippen LogP contribution in [-0.2, 0) is 14.3 Å². The Hall–Kier alpha value is -1.96. The second-order valence-electron chi connectivity index (χ2n) is 8.38. The molecule has 1 atom stereocenters. The molecule has 0 radical (unpaired) electrons. The Morgan fingerprint density at radius 1 is 1.13 bits per heavy atom. The van der Waals surface area contributed by atoms with Gasteiger partial charge < -0.3 is 19.7 Å². The molecule has 2 heterocycles. The smallest absolute Gasteiger partial charge is 0.253 e. The van der Waals surface area contributed by atoms with E-state index >= 15 is 0 Å². The van der Waals surface area contributed by atoms with Crippen LogP contribution in [0.3, 0.4) is 0 Å². The molecule has 1 N–H and O–H groups in total. The van der Waals surface area contributed by atoms with Gasteiger partial charge in [-0.05, 0) is 37.5 Å². The molecule has 0 aliphatic carbocycles. The summed E-state index contributed by atoms with van der Waals surface area (Å²) in [6, 6.07) is 7.26. The van der Waals surface area contributed by atoms with Crippen LogP contribution in [-0.4, -0.2) is 80.3 Å². The summed E-state index contributed by atoms with van der Waals surface area (Å²) in [5.41, 5.74) is 1.26. The van der Waals surface area contributed by atoms with Crippen molar-refractivity contribution in [2.24, 2.45) is 0 Å². The lowest BCUT2D eigenvalue weighted by Crippen LogP contribution is -2.43. The minimum atomic E-state index is -0.386. The molecule has 172 valence electrons. The largest absolute Gasteiger partial charge is 0.379 e. The van der Waals surface area contributed by atoms with Gasteiger partial charge in [-0.3, -0.25) is 14.5 Å². The number of carbonyl (C=O) groups excluding carboxylic acids is 2. The highest BCUT2D eigenvalue weighted by Crippen LogP contribution is 2.17. The van der Waals surface area contributed by atoms with Crippen molar-refractivity contribution < 1.29 is 19.1 Å². The third-order valence-corrected chi connectivity index (χ3v) is 5.96. The maximum absolute atomic E-state index is 13.3. The monoisotopic (exact) mass is 431 g/mol. The standard InChI is InChI=1S/C24H37N3O4/c1-2-3-4-5-11-27(13-12-26-14-17-30-18-15-26)24(29)20-8-6-9-21(19-20)25-23(28)22-10-7-16-31-22/h6,8-9,19,22H,2-5,7,10-18H2,1H3,(H,25,28). The van der Waals surface area contributed by atoms with Crippen molar-refractivity contribution in [2.45, 2.75) is 51.6 Å². The van der Waals surface area contributed by atoms with Crippen LogP contribution in [0.2, 0.25) is 0 Å². The van der Waals surface area contributed by atoms with Gasteiger partial charge in [0.2, 0.25) is 0 Å². The third-order valence-electron chi connectivity index (χ3n) is 5.96. The van der Waals surface area contributed by atoms with Gasteiger partial charge in [0.1, 0.15) is 6.10 Å². The molecule has 1 aromatic rings. The molecule has 1 aromatic carbocycles. The molecule has 0 bridgehead atoms. The van der Waals surface area contributed by atoms with E-state index in [1.165, 1.54) is 12.8 Å². The first-order valence-electron chi connectivity index (χ1n) is 11.8. The van der Waals surface area contributed by atoms with Gasteiger partial charge in [-0.2, -0.15) is 0 Å². The molecule has 2 saturated heterocycles. The van der Waals surface area contributed by atoms with Crippen LogP contribution in [0, 0.1) is 0 Å². The lowest BCUT2D eigenvalue weighted by molar-refractivity contribution is -0.124. The number of hydrogen-bond donors (Lipinski definition) is 1. The van der Waals surface area contributed by atoms with Crippen LogP contribution >= 0.6 is 0 Å². The summed E-state index contributed by atoms with van der Waals surface area (Å²) >= 11 is 0. The quantitative estimate of drug-likeness (QED) is 0.545. The van der Waals surface area contributed by atoms with Crippen molar-refractivity contribution >= 4 is 17.5 Å². The Kier molecular flexibility index (Phi) is 9.78. The van der Waals surface area contributed by atoms with Gasteiger partial charge in [-0.25, -0.2) is 0 Å². The van der Waals surface area contributed by atoms with Crippen LogP contribution in [0.1, 0.15) is 55.8 Å². The van der Waals surface area contributed by atoms with E-state index in [0.717, 1.165) is 65.1 Å². The molecule has 0 saturated carbocycles. The first-order valence-corrected chi connectivity index (χ1v) is 11.8. The van der Waals surface area contributed by atoms with E-state index < -0.39 is 0 Å². The fourth-order valence-corrected chi connectivity index (χ4v) is 4.05. The van der Waals surface area contributed by atoms with Crippen molar-refractivity contribution in [3.63, 3.8) is 0 Å². The molecule has 31 heavy (non-hydrogen) atoms. The fourth-order valence-electron chi connectivity index (χ4n) is 4.05. The normalized spacial score (nSPS) is 19.3. The molecule has 2 fully saturated rings. The number of morpholine rings is 1. The van der Waals surface area contributed by atoms with E-state index in [4.69, 9.17) is 9.47 Å². The zero-order valence-corrected chi connectivity index (χ0v) is 18.8. The Balaban J connectivity index is 1.61. The number of rotatable bonds is 11. The number of nitrogens with zero attached hydrogens (tertiary/aromatic N) is 2. The van der Waals surface area contributed by atoms with Gasteiger partial charge >= 0.3 is 0 Å². The van der Waals surface area contributed by atoms with E-state index in [1.54, 1.807) is 6.07 Å². The average Bonchev–Trinajstić information content (AvgIpc) is 3.34. The SMILES string of the molecule is CCCCCCN(CCN1CCOCC1)C(=O)c1cccc(NC(=O)C2CCCO2)c1. The number of hydrogen-bond acceptors (Lipinski definition) is 5. The van der Waals surface area contributed by atoms with Crippen LogP contribution in [0.15, 0.2) is 24.3 Å². The van der Waals surface area contributed by atoms with Crippen molar-refractivity contribution in [1.29, 1.82) is 0 Å². The number of ether oxygens (including phenoxy) is 2. The summed E-state index contributed by atoms with van der Waals surface area (Å²) in [7, 11) is 0. The van der Waals surface area contributed by atoms with E-state index in [9.17, 15) is 9.59 Å². The van der Waals surface area contributed by atoms with Crippen molar-refractivity contribution in [3.05, 3.63) is 29.8 Å². The minimum absolute atomic E-state index is 0.0259. The van der Waals surface area contributed by atoms with Gasteiger partial charge in [0, 0.05) is 50.6 Å². The fraction of sp³-hybridized carbons (Fsp3) is 0.667. The van der Waals surface area contributed by atoms with E-state index in [-0.39, 0.29) is 17.9 Å². The van der Waals surface area contributed by atoms with Gasteiger partial charge in [-0.1, -0.05) is 32.3 Å². The lowest BCUT2D eigenvalue weighted by Gasteiger charge is -2.30. The highest BCUT2D eigenvalue weighted by atomic mass is 16.5. The predicted molar refractivity (Wildman–Crippen MR) is 121 cm³/mol. The van der Waals surface area contributed by atoms with Crippen LogP contribution in [0.5, 0.6) is 0 Å². The Labute approximate surface area is 186 Å². The molecular weight excluding hydrogens is 394 g/mol. The average molecular weight is 432 g/mol. The number of benzene rings is 1. The van der Waals surface area contributed by atoms with Crippen LogP contribution in [0.4, 0.5) is 5.69 Å². The van der Waals surface area contributed by atoms with E-state index in [2.05, 4.69) is 17.1 Å². The summed E-state index contributed by atoms with van der Waals surface area (Å²) < 4.78 is 10.9. The number of unbranched alkanes of at least 4 members (excludes halogenated alkanes) is 3. The van der Waals surface area contributed by atoms with Gasteiger partial charge in [0.25, 0.3) is 11.8 Å². The molecule has 1 unspecified atom stereocenters. The Morgan fingerprint density at radius 2 is 1.97 bits per heavy atom. The zero-order valence-electron chi connectivity index (χ0n) is 18.8. The van der Waals surface area contributed by atoms with Gasteiger partial charge in [0.05, 0.1) is 13.2 Å². The minimum Gasteiger partial charge on any atom is -0.379 e. The lowest BCUT2D eigenvalue weighted by atomic mass is 10.1. The molecule has 7 heteroatoms. The van der Waals surface area contributed by atoms with Gasteiger partial charge in [-0.15, -0.1) is 0 Å². The van der Waals surface area contributed by atoms with Crippen molar-refractivity contribution in [3.8, 4) is 0 Å². The third kappa shape index (κ3) is 7.59. The Morgan fingerprint density at radius 3 is 2.71 bits per heavy atom. The maximum atomic E-state index is 13.3. The molecule has 3 rings (SSSR count). The number of carbonyl (C=O) groups is 2. The van der Waals surface area contributed by atoms with Crippen molar-refractivity contribution in [1.82, 2.24) is 9.80 Å². The number of anilines is 1. The highest BCUT2D eigenvalue weighted by molar-refractivity contribution is 5.98. The zero-order chi connectivity index (χ0) is 21.9. The molecule has 2 aliphatic rings. The van der Waals surface area contributed by atoms with Crippen LogP contribution in [0.25, 0.3) is 0 Å². The summed E-state index contributed by atoms with van der Waals surface area (Å²) in [6.45, 7) is 8.51. The molecule has 2 amide bonds. The Bertz CT molecular complexity index is 700. The summed E-state index contributed by atoms with van der Waals surface area (Å²) in [5.74, 6) is -0.108. The summed E-state index contributed by atoms with van der Waals surface area (Å²) in [6.07, 6.45) is 5.78. The first kappa shape index (κ1) is 23.7. The first-order chi connectivity index (χ1) is 15.2. The maximum Gasteiger partial charge on any atom is 0.253 e. The molecule has 7 nitrogen and oxygen atoms in total. The van der Waals surface area contributed by atoms with E-state index in [1.807, 2.05) is 23.1 Å². The summed E-state index contributed by atoms with van der Waals surface area (Å²) in [4.78, 5) is 30.0. The van der Waals surface area contributed by atoms with Crippen LogP contribution < -0.4 is 5.32 Å². The molecule has 0 aromatic heterocycles. The van der Waals surface area contributed by atoms with Gasteiger partial charge in [0.15, 0.2) is 0 Å². The second kappa shape index (κ2) is 12.8. The second-order valence-corrected chi connectivity index (χ2v) is 8.38. The number of amides is 2. The molecule has 0 spiro atoms. The predicted octanol–water partition coefficient (Wildman–Crippen LogP) is 3.16. The highest BCUT2D eigenvalue weighted by Gasteiger charge is 2.24. The number of nitrogens with one attached hydrogen (secondary N) is 1. The molecule has 2 aliphatic heterocycles. The molecular formula is C24H37N3O4.